The lowest BCUT2D eigenvalue weighted by molar-refractivity contribution is -0.137. The first-order valence-corrected chi connectivity index (χ1v) is 7.55. The predicted molar refractivity (Wildman–Crippen MR) is 86.2 cm³/mol. The molecule has 1 N–H and O–H groups in total. The third-order valence-corrected chi connectivity index (χ3v) is 3.54. The lowest BCUT2D eigenvalue weighted by Gasteiger charge is -2.20. The molecule has 4 nitrogen and oxygen atoms in total. The molecule has 0 atom stereocenters. The van der Waals surface area contributed by atoms with Gasteiger partial charge in [0.25, 0.3) is 5.91 Å². The first-order valence-electron chi connectivity index (χ1n) is 7.55. The lowest BCUT2D eigenvalue weighted by Crippen LogP contribution is -2.31. The van der Waals surface area contributed by atoms with Crippen molar-refractivity contribution in [3.05, 3.63) is 53.7 Å². The van der Waals surface area contributed by atoms with Crippen molar-refractivity contribution in [2.45, 2.75) is 20.0 Å². The summed E-state index contributed by atoms with van der Waals surface area (Å²) in [7, 11) is 0. The Hall–Kier alpha value is -2.57. The summed E-state index contributed by atoms with van der Waals surface area (Å²) in [6.07, 6.45) is -2.95. The third kappa shape index (κ3) is 4.04. The molecule has 24 heavy (non-hydrogen) atoms. The van der Waals surface area contributed by atoms with Crippen LogP contribution in [0, 0.1) is 0 Å². The van der Waals surface area contributed by atoms with Gasteiger partial charge in [-0.1, -0.05) is 6.07 Å². The van der Waals surface area contributed by atoms with Gasteiger partial charge in [0.1, 0.15) is 5.82 Å². The van der Waals surface area contributed by atoms with E-state index in [4.69, 9.17) is 0 Å². The summed E-state index contributed by atoms with van der Waals surface area (Å²) < 4.78 is 38.4. The highest BCUT2D eigenvalue weighted by molar-refractivity contribution is 5.99. The van der Waals surface area contributed by atoms with Crippen LogP contribution in [-0.2, 0) is 6.18 Å². The van der Waals surface area contributed by atoms with Gasteiger partial charge >= 0.3 is 6.18 Å². The average molecular weight is 337 g/mol. The van der Waals surface area contributed by atoms with Gasteiger partial charge in [0.15, 0.2) is 0 Å². The molecule has 1 aromatic carbocycles. The summed E-state index contributed by atoms with van der Waals surface area (Å²) in [5, 5.41) is 2.81. The molecule has 1 heterocycles. The van der Waals surface area contributed by atoms with Gasteiger partial charge in [-0.2, -0.15) is 13.2 Å². The molecular weight excluding hydrogens is 319 g/mol. The Bertz CT molecular complexity index is 712. The van der Waals surface area contributed by atoms with E-state index < -0.39 is 11.7 Å². The molecule has 7 heteroatoms. The number of carbonyl (C=O) groups is 1. The Balaban J connectivity index is 2.33. The standard InChI is InChI=1S/C17H18F3N3O/c1-3-23(4-2)16(24)14-9-6-10-21-15(14)22-13-8-5-7-12(11-13)17(18,19)20/h5-11H,3-4H2,1-2H3,(H,21,22). The van der Waals surface area contributed by atoms with Crippen molar-refractivity contribution in [1.82, 2.24) is 9.88 Å². The molecule has 0 aliphatic carbocycles. The number of aromatic nitrogens is 1. The Kier molecular flexibility index (Phi) is 5.43. The summed E-state index contributed by atoms with van der Waals surface area (Å²) >= 11 is 0. The predicted octanol–water partition coefficient (Wildman–Crippen LogP) is 4.33. The second-order valence-corrected chi connectivity index (χ2v) is 5.08. The van der Waals surface area contributed by atoms with Gasteiger partial charge in [0, 0.05) is 25.0 Å². The van der Waals surface area contributed by atoms with Gasteiger partial charge in [0.2, 0.25) is 0 Å². The Labute approximate surface area is 138 Å². The molecule has 0 aliphatic rings. The van der Waals surface area contributed by atoms with Crippen molar-refractivity contribution < 1.29 is 18.0 Å². The van der Waals surface area contributed by atoms with Crippen LogP contribution in [0.1, 0.15) is 29.8 Å². The molecule has 0 saturated heterocycles. The van der Waals surface area contributed by atoms with E-state index >= 15 is 0 Å². The number of pyridine rings is 1. The number of anilines is 2. The van der Waals surface area contributed by atoms with Crippen LogP contribution < -0.4 is 5.32 Å². The molecule has 0 saturated carbocycles. The van der Waals surface area contributed by atoms with Gasteiger partial charge in [-0.05, 0) is 44.2 Å². The molecule has 0 spiro atoms. The normalized spacial score (nSPS) is 11.2. The summed E-state index contributed by atoms with van der Waals surface area (Å²) in [4.78, 5) is 18.2. The molecule has 0 unspecified atom stereocenters. The third-order valence-electron chi connectivity index (χ3n) is 3.54. The van der Waals surface area contributed by atoms with Gasteiger partial charge in [0.05, 0.1) is 11.1 Å². The zero-order chi connectivity index (χ0) is 17.7. The maximum Gasteiger partial charge on any atom is 0.416 e. The molecular formula is C17H18F3N3O. The van der Waals surface area contributed by atoms with Crippen molar-refractivity contribution in [3.63, 3.8) is 0 Å². The van der Waals surface area contributed by atoms with Gasteiger partial charge in [-0.3, -0.25) is 4.79 Å². The number of benzene rings is 1. The number of rotatable bonds is 5. The molecule has 2 aromatic rings. The maximum absolute atomic E-state index is 12.8. The van der Waals surface area contributed by atoms with Crippen molar-refractivity contribution in [1.29, 1.82) is 0 Å². The van der Waals surface area contributed by atoms with Crippen molar-refractivity contribution >= 4 is 17.4 Å². The summed E-state index contributed by atoms with van der Waals surface area (Å²) in [5.74, 6) is 0.0105. The number of hydrogen-bond donors (Lipinski definition) is 1. The highest BCUT2D eigenvalue weighted by Gasteiger charge is 2.30. The molecule has 0 aliphatic heterocycles. The fraction of sp³-hybridized carbons (Fsp3) is 0.294. The number of carbonyl (C=O) groups excluding carboxylic acids is 1. The van der Waals surface area contributed by atoms with E-state index in [-0.39, 0.29) is 17.4 Å². The number of amides is 1. The van der Waals surface area contributed by atoms with Gasteiger partial charge < -0.3 is 10.2 Å². The summed E-state index contributed by atoms with van der Waals surface area (Å²) in [6, 6.07) is 8.00. The number of nitrogens with one attached hydrogen (secondary N) is 1. The van der Waals surface area contributed by atoms with Crippen LogP contribution in [0.15, 0.2) is 42.6 Å². The zero-order valence-electron chi connectivity index (χ0n) is 13.4. The molecule has 128 valence electrons. The van der Waals surface area contributed by atoms with Crippen molar-refractivity contribution in [2.24, 2.45) is 0 Å². The van der Waals surface area contributed by atoms with E-state index in [2.05, 4.69) is 10.3 Å². The number of alkyl halides is 3. The SMILES string of the molecule is CCN(CC)C(=O)c1cccnc1Nc1cccc(C(F)(F)F)c1. The average Bonchev–Trinajstić information content (AvgIpc) is 2.56. The van der Waals surface area contributed by atoms with Crippen LogP contribution in [0.2, 0.25) is 0 Å². The van der Waals surface area contributed by atoms with E-state index in [0.717, 1.165) is 12.1 Å². The molecule has 1 amide bonds. The minimum Gasteiger partial charge on any atom is -0.340 e. The fourth-order valence-electron chi connectivity index (χ4n) is 2.27. The minimum atomic E-state index is -4.43. The topological polar surface area (TPSA) is 45.2 Å². The monoisotopic (exact) mass is 337 g/mol. The number of halogens is 3. The van der Waals surface area contributed by atoms with E-state index in [1.807, 2.05) is 13.8 Å². The molecule has 2 rings (SSSR count). The quantitative estimate of drug-likeness (QED) is 0.883. The Morgan fingerprint density at radius 2 is 1.88 bits per heavy atom. The minimum absolute atomic E-state index is 0.220. The summed E-state index contributed by atoms with van der Waals surface area (Å²) in [6.45, 7) is 4.79. The van der Waals surface area contributed by atoms with E-state index in [9.17, 15) is 18.0 Å². The smallest absolute Gasteiger partial charge is 0.340 e. The van der Waals surface area contributed by atoms with Gasteiger partial charge in [-0.25, -0.2) is 4.98 Å². The zero-order valence-corrected chi connectivity index (χ0v) is 13.4. The van der Waals surface area contributed by atoms with Crippen LogP contribution in [0.25, 0.3) is 0 Å². The second-order valence-electron chi connectivity index (χ2n) is 5.08. The van der Waals surface area contributed by atoms with Crippen LogP contribution in [0.4, 0.5) is 24.7 Å². The molecule has 0 bridgehead atoms. The van der Waals surface area contributed by atoms with Gasteiger partial charge in [-0.15, -0.1) is 0 Å². The van der Waals surface area contributed by atoms with Crippen LogP contribution in [0.5, 0.6) is 0 Å². The van der Waals surface area contributed by atoms with Crippen molar-refractivity contribution in [2.75, 3.05) is 18.4 Å². The lowest BCUT2D eigenvalue weighted by atomic mass is 10.1. The Morgan fingerprint density at radius 3 is 2.50 bits per heavy atom. The van der Waals surface area contributed by atoms with E-state index in [1.54, 1.807) is 17.0 Å². The first-order chi connectivity index (χ1) is 11.4. The largest absolute Gasteiger partial charge is 0.416 e. The van der Waals surface area contributed by atoms with Crippen molar-refractivity contribution in [3.8, 4) is 0 Å². The van der Waals surface area contributed by atoms with Crippen LogP contribution in [-0.4, -0.2) is 28.9 Å². The highest BCUT2D eigenvalue weighted by Crippen LogP contribution is 2.31. The number of nitrogens with zero attached hydrogens (tertiary/aromatic N) is 2. The first kappa shape index (κ1) is 17.8. The van der Waals surface area contributed by atoms with Crippen LogP contribution in [0.3, 0.4) is 0 Å². The summed E-state index contributed by atoms with van der Waals surface area (Å²) in [5.41, 5.74) is -0.226. The van der Waals surface area contributed by atoms with E-state index in [1.165, 1.54) is 18.3 Å². The van der Waals surface area contributed by atoms with Crippen LogP contribution >= 0.6 is 0 Å². The molecule has 0 fully saturated rings. The van der Waals surface area contributed by atoms with E-state index in [0.29, 0.717) is 18.7 Å². The Morgan fingerprint density at radius 1 is 1.17 bits per heavy atom. The highest BCUT2D eigenvalue weighted by atomic mass is 19.4. The maximum atomic E-state index is 12.8. The fourth-order valence-corrected chi connectivity index (χ4v) is 2.27. The molecule has 1 aromatic heterocycles. The second kappa shape index (κ2) is 7.33. The number of hydrogen-bond acceptors (Lipinski definition) is 3. The molecule has 0 radical (unpaired) electrons.